The van der Waals surface area contributed by atoms with Gasteiger partial charge in [0.2, 0.25) is 5.91 Å². The van der Waals surface area contributed by atoms with E-state index in [9.17, 15) is 9.59 Å². The zero-order valence-corrected chi connectivity index (χ0v) is 13.7. The van der Waals surface area contributed by atoms with Crippen LogP contribution < -0.4 is 5.32 Å². The zero-order chi connectivity index (χ0) is 16.9. The molecule has 6 heteroatoms. The van der Waals surface area contributed by atoms with Crippen LogP contribution in [0, 0.1) is 12.8 Å². The number of rotatable bonds is 4. The Hall–Kier alpha value is -2.63. The van der Waals surface area contributed by atoms with Crippen molar-refractivity contribution in [2.75, 3.05) is 13.1 Å². The molecule has 2 aromatic heterocycles. The van der Waals surface area contributed by atoms with E-state index in [1.54, 1.807) is 24.1 Å². The summed E-state index contributed by atoms with van der Waals surface area (Å²) < 4.78 is 5.20. The molecule has 0 unspecified atom stereocenters. The van der Waals surface area contributed by atoms with Crippen molar-refractivity contribution in [1.29, 1.82) is 0 Å². The Morgan fingerprint density at radius 2 is 2.25 bits per heavy atom. The Bertz CT molecular complexity index is 711. The molecule has 0 saturated carbocycles. The number of aryl methyl sites for hydroxylation is 1. The lowest BCUT2D eigenvalue weighted by Crippen LogP contribution is -2.45. The van der Waals surface area contributed by atoms with Crippen LogP contribution in [-0.2, 0) is 11.3 Å². The average Bonchev–Trinajstić information content (AvgIpc) is 3.06. The minimum Gasteiger partial charge on any atom is -0.469 e. The van der Waals surface area contributed by atoms with Crippen molar-refractivity contribution in [2.45, 2.75) is 26.3 Å². The second-order valence-electron chi connectivity index (χ2n) is 6.02. The molecule has 6 nitrogen and oxygen atoms in total. The molecule has 1 aliphatic rings. The van der Waals surface area contributed by atoms with E-state index in [1.807, 2.05) is 18.2 Å². The van der Waals surface area contributed by atoms with Gasteiger partial charge in [-0.15, -0.1) is 0 Å². The van der Waals surface area contributed by atoms with Crippen LogP contribution in [0.3, 0.4) is 0 Å². The second-order valence-corrected chi connectivity index (χ2v) is 6.02. The third-order valence-corrected chi connectivity index (χ3v) is 4.34. The number of carbonyl (C=O) groups excluding carboxylic acids is 2. The molecule has 1 aliphatic heterocycles. The van der Waals surface area contributed by atoms with Crippen LogP contribution in [0.15, 0.2) is 41.1 Å². The Balaban J connectivity index is 1.58. The van der Waals surface area contributed by atoms with E-state index in [0.717, 1.165) is 18.5 Å². The number of hydrogen-bond acceptors (Lipinski definition) is 4. The van der Waals surface area contributed by atoms with Gasteiger partial charge in [-0.05, 0) is 38.0 Å². The fraction of sp³-hybridized carbons (Fsp3) is 0.389. The molecule has 2 aromatic rings. The van der Waals surface area contributed by atoms with Gasteiger partial charge in [0.1, 0.15) is 5.76 Å². The van der Waals surface area contributed by atoms with E-state index < -0.39 is 0 Å². The summed E-state index contributed by atoms with van der Waals surface area (Å²) in [5.74, 6) is 0.339. The summed E-state index contributed by atoms with van der Waals surface area (Å²) in [4.78, 5) is 30.9. The highest BCUT2D eigenvalue weighted by Gasteiger charge is 2.29. The molecule has 1 atom stereocenters. The Morgan fingerprint density at radius 1 is 1.38 bits per heavy atom. The first kappa shape index (κ1) is 16.2. The summed E-state index contributed by atoms with van der Waals surface area (Å²) in [6.07, 6.45) is 4.84. The molecule has 1 N–H and O–H groups in total. The molecule has 2 amide bonds. The molecule has 0 bridgehead atoms. The van der Waals surface area contributed by atoms with Gasteiger partial charge in [-0.25, -0.2) is 0 Å². The maximum Gasteiger partial charge on any atom is 0.257 e. The molecule has 3 rings (SSSR count). The molecule has 0 spiro atoms. The lowest BCUT2D eigenvalue weighted by molar-refractivity contribution is -0.126. The van der Waals surface area contributed by atoms with Gasteiger partial charge in [-0.2, -0.15) is 0 Å². The van der Waals surface area contributed by atoms with Gasteiger partial charge in [0, 0.05) is 19.3 Å². The van der Waals surface area contributed by atoms with Gasteiger partial charge in [0.05, 0.1) is 30.0 Å². The van der Waals surface area contributed by atoms with Gasteiger partial charge in [-0.3, -0.25) is 14.6 Å². The van der Waals surface area contributed by atoms with E-state index >= 15 is 0 Å². The van der Waals surface area contributed by atoms with Gasteiger partial charge < -0.3 is 14.6 Å². The highest BCUT2D eigenvalue weighted by molar-refractivity contribution is 5.95. The molecule has 1 saturated heterocycles. The van der Waals surface area contributed by atoms with E-state index in [4.69, 9.17) is 4.42 Å². The molecule has 1 fully saturated rings. The van der Waals surface area contributed by atoms with Gasteiger partial charge in [0.15, 0.2) is 0 Å². The summed E-state index contributed by atoms with van der Waals surface area (Å²) >= 11 is 0. The molecule has 24 heavy (non-hydrogen) atoms. The van der Waals surface area contributed by atoms with E-state index in [-0.39, 0.29) is 17.7 Å². The largest absolute Gasteiger partial charge is 0.469 e. The Labute approximate surface area is 140 Å². The number of nitrogens with one attached hydrogen (secondary N) is 1. The molecular weight excluding hydrogens is 306 g/mol. The fourth-order valence-corrected chi connectivity index (χ4v) is 2.98. The van der Waals surface area contributed by atoms with Crippen molar-refractivity contribution in [3.63, 3.8) is 0 Å². The van der Waals surface area contributed by atoms with Crippen LogP contribution in [-0.4, -0.2) is 34.8 Å². The molecule has 0 aliphatic carbocycles. The number of piperidine rings is 1. The molecule has 0 aromatic carbocycles. The van der Waals surface area contributed by atoms with Crippen molar-refractivity contribution >= 4 is 11.8 Å². The Kier molecular flexibility index (Phi) is 4.93. The van der Waals surface area contributed by atoms with Crippen molar-refractivity contribution in [3.8, 4) is 0 Å². The zero-order valence-electron chi connectivity index (χ0n) is 13.7. The van der Waals surface area contributed by atoms with Crippen LogP contribution in [0.25, 0.3) is 0 Å². The van der Waals surface area contributed by atoms with Crippen molar-refractivity contribution in [2.24, 2.45) is 5.92 Å². The normalized spacial score (nSPS) is 17.5. The number of amides is 2. The predicted octanol–water partition coefficient (Wildman–Crippen LogP) is 2.15. The van der Waals surface area contributed by atoms with Crippen molar-refractivity contribution < 1.29 is 14.0 Å². The van der Waals surface area contributed by atoms with E-state index in [1.165, 1.54) is 6.26 Å². The van der Waals surface area contributed by atoms with Crippen LogP contribution >= 0.6 is 0 Å². The third kappa shape index (κ3) is 3.64. The average molecular weight is 327 g/mol. The molecule has 126 valence electrons. The second kappa shape index (κ2) is 7.29. The third-order valence-electron chi connectivity index (χ3n) is 4.34. The van der Waals surface area contributed by atoms with Gasteiger partial charge in [0.25, 0.3) is 5.91 Å². The molecular formula is C18H21N3O3. The summed E-state index contributed by atoms with van der Waals surface area (Å²) in [6, 6.07) is 7.29. The highest BCUT2D eigenvalue weighted by Crippen LogP contribution is 2.20. The number of likely N-dealkylation sites (tertiary alicyclic amines) is 1. The number of hydrogen-bond donors (Lipinski definition) is 1. The van der Waals surface area contributed by atoms with Crippen molar-refractivity contribution in [3.05, 3.63) is 53.7 Å². The quantitative estimate of drug-likeness (QED) is 0.933. The predicted molar refractivity (Wildman–Crippen MR) is 88.2 cm³/mol. The number of pyridine rings is 1. The number of carbonyl (C=O) groups is 2. The topological polar surface area (TPSA) is 75.4 Å². The Morgan fingerprint density at radius 3 is 2.96 bits per heavy atom. The first-order valence-corrected chi connectivity index (χ1v) is 8.16. The monoisotopic (exact) mass is 327 g/mol. The summed E-state index contributed by atoms with van der Waals surface area (Å²) in [5.41, 5.74) is 1.40. The lowest BCUT2D eigenvalue weighted by Gasteiger charge is -2.32. The first-order chi connectivity index (χ1) is 11.6. The molecule has 3 heterocycles. The number of nitrogens with zero attached hydrogens (tertiary/aromatic N) is 2. The maximum atomic E-state index is 12.6. The smallest absolute Gasteiger partial charge is 0.257 e. The van der Waals surface area contributed by atoms with E-state index in [0.29, 0.717) is 31.0 Å². The van der Waals surface area contributed by atoms with Crippen LogP contribution in [0.4, 0.5) is 0 Å². The molecule has 0 radical (unpaired) electrons. The standard InChI is InChI=1S/C18H21N3O3/c1-13-16(7-10-24-13)18(23)21-9-4-5-14(12-21)17(22)20-11-15-6-2-3-8-19-15/h2-3,6-8,10,14H,4-5,9,11-12H2,1H3,(H,20,22)/t14-/m0/s1. The highest BCUT2D eigenvalue weighted by atomic mass is 16.3. The first-order valence-electron chi connectivity index (χ1n) is 8.16. The lowest BCUT2D eigenvalue weighted by atomic mass is 9.96. The van der Waals surface area contributed by atoms with Crippen LogP contribution in [0.2, 0.25) is 0 Å². The van der Waals surface area contributed by atoms with Crippen LogP contribution in [0.1, 0.15) is 34.7 Å². The minimum absolute atomic E-state index is 0.0259. The minimum atomic E-state index is -0.182. The summed E-state index contributed by atoms with van der Waals surface area (Å²) in [7, 11) is 0. The van der Waals surface area contributed by atoms with Gasteiger partial charge in [-0.1, -0.05) is 6.07 Å². The fourth-order valence-electron chi connectivity index (χ4n) is 2.98. The number of aromatic nitrogens is 1. The van der Waals surface area contributed by atoms with E-state index in [2.05, 4.69) is 10.3 Å². The summed E-state index contributed by atoms with van der Waals surface area (Å²) in [6.45, 7) is 3.30. The SMILES string of the molecule is Cc1occc1C(=O)N1CCC[C@H](C(=O)NCc2ccccn2)C1. The maximum absolute atomic E-state index is 12.6. The van der Waals surface area contributed by atoms with Crippen LogP contribution in [0.5, 0.6) is 0 Å². The number of furan rings is 1. The summed E-state index contributed by atoms with van der Waals surface area (Å²) in [5, 5.41) is 2.92. The van der Waals surface area contributed by atoms with Gasteiger partial charge >= 0.3 is 0 Å². The van der Waals surface area contributed by atoms with Crippen molar-refractivity contribution in [1.82, 2.24) is 15.2 Å².